The third-order valence-corrected chi connectivity index (χ3v) is 2.24. The minimum absolute atomic E-state index is 0.281. The molecule has 0 aliphatic carbocycles. The first-order valence-corrected chi connectivity index (χ1v) is 4.71. The number of ether oxygens (including phenoxy) is 1. The lowest BCUT2D eigenvalue weighted by atomic mass is 10.2. The Bertz CT molecular complexity index is 476. The van der Waals surface area contributed by atoms with Crippen LogP contribution in [0.5, 0.6) is 0 Å². The lowest BCUT2D eigenvalue weighted by Gasteiger charge is -2.02. The Labute approximate surface area is 87.2 Å². The molecular formula is C11H12N2O2. The molecule has 0 aliphatic heterocycles. The van der Waals surface area contributed by atoms with Gasteiger partial charge in [-0.1, -0.05) is 18.2 Å². The molecule has 4 nitrogen and oxygen atoms in total. The maximum absolute atomic E-state index is 10.9. The molecule has 2 rings (SSSR count). The van der Waals surface area contributed by atoms with Crippen molar-refractivity contribution in [3.05, 3.63) is 36.0 Å². The number of aromatic amines is 1. The molecule has 0 atom stereocenters. The van der Waals surface area contributed by atoms with Crippen LogP contribution in [0.3, 0.4) is 0 Å². The van der Waals surface area contributed by atoms with Crippen molar-refractivity contribution >= 4 is 17.0 Å². The molecule has 2 aromatic rings. The van der Waals surface area contributed by atoms with Gasteiger partial charge in [0.1, 0.15) is 6.61 Å². The first kappa shape index (κ1) is 9.58. The molecule has 1 aromatic heterocycles. The maximum Gasteiger partial charge on any atom is 0.407 e. The van der Waals surface area contributed by atoms with E-state index in [4.69, 9.17) is 4.74 Å². The second-order valence-electron chi connectivity index (χ2n) is 3.19. The fourth-order valence-corrected chi connectivity index (χ4v) is 1.47. The van der Waals surface area contributed by atoms with Gasteiger partial charge in [-0.05, 0) is 6.07 Å². The molecular weight excluding hydrogens is 192 g/mol. The van der Waals surface area contributed by atoms with Crippen LogP contribution in [0.4, 0.5) is 4.79 Å². The number of para-hydroxylation sites is 1. The van der Waals surface area contributed by atoms with Gasteiger partial charge in [0.25, 0.3) is 0 Å². The number of rotatable bonds is 2. The highest BCUT2D eigenvalue weighted by molar-refractivity contribution is 5.83. The smallest absolute Gasteiger partial charge is 0.407 e. The van der Waals surface area contributed by atoms with E-state index >= 15 is 0 Å². The van der Waals surface area contributed by atoms with Crippen molar-refractivity contribution in [1.82, 2.24) is 10.3 Å². The van der Waals surface area contributed by atoms with Crippen molar-refractivity contribution in [2.75, 3.05) is 7.05 Å². The van der Waals surface area contributed by atoms with E-state index in [0.29, 0.717) is 0 Å². The van der Waals surface area contributed by atoms with E-state index in [1.165, 1.54) is 7.05 Å². The number of hydrogen-bond acceptors (Lipinski definition) is 2. The normalized spacial score (nSPS) is 10.2. The summed E-state index contributed by atoms with van der Waals surface area (Å²) in [4.78, 5) is 14.0. The fourth-order valence-electron chi connectivity index (χ4n) is 1.47. The molecule has 0 fully saturated rings. The molecule has 0 radical (unpaired) electrons. The number of fused-ring (bicyclic) bond motifs is 1. The molecule has 1 amide bonds. The Balaban J connectivity index is 2.18. The van der Waals surface area contributed by atoms with Crippen LogP contribution in [-0.4, -0.2) is 18.1 Å². The Morgan fingerprint density at radius 2 is 2.27 bits per heavy atom. The average molecular weight is 204 g/mol. The number of hydrogen-bond donors (Lipinski definition) is 2. The van der Waals surface area contributed by atoms with Gasteiger partial charge in [-0.15, -0.1) is 0 Å². The number of alkyl carbamates (subject to hydrolysis) is 1. The molecule has 4 heteroatoms. The van der Waals surface area contributed by atoms with Crippen LogP contribution < -0.4 is 5.32 Å². The second kappa shape index (κ2) is 4.04. The van der Waals surface area contributed by atoms with Crippen molar-refractivity contribution in [2.45, 2.75) is 6.61 Å². The molecule has 0 unspecified atom stereocenters. The zero-order valence-electron chi connectivity index (χ0n) is 8.41. The van der Waals surface area contributed by atoms with Gasteiger partial charge in [0, 0.05) is 29.7 Å². The average Bonchev–Trinajstić information content (AvgIpc) is 2.69. The minimum Gasteiger partial charge on any atom is -0.445 e. The molecule has 0 spiro atoms. The first-order valence-electron chi connectivity index (χ1n) is 4.71. The molecule has 0 saturated heterocycles. The summed E-state index contributed by atoms with van der Waals surface area (Å²) in [7, 11) is 1.54. The standard InChI is InChI=1S/C11H12N2O2/c1-12-11(14)15-7-8-6-13-10-5-3-2-4-9(8)10/h2-6,13H,7H2,1H3,(H,12,14). The predicted molar refractivity (Wildman–Crippen MR) is 57.5 cm³/mol. The SMILES string of the molecule is CNC(=O)OCc1c[nH]c2ccccc12. The molecule has 78 valence electrons. The van der Waals surface area contributed by atoms with Crippen molar-refractivity contribution in [2.24, 2.45) is 0 Å². The molecule has 0 bridgehead atoms. The monoisotopic (exact) mass is 204 g/mol. The van der Waals surface area contributed by atoms with Crippen LogP contribution in [-0.2, 0) is 11.3 Å². The van der Waals surface area contributed by atoms with E-state index in [-0.39, 0.29) is 6.61 Å². The Kier molecular flexibility index (Phi) is 2.58. The Morgan fingerprint density at radius 3 is 3.07 bits per heavy atom. The molecule has 1 heterocycles. The van der Waals surface area contributed by atoms with Crippen LogP contribution in [0.2, 0.25) is 0 Å². The summed E-state index contributed by atoms with van der Waals surface area (Å²) in [5.74, 6) is 0. The van der Waals surface area contributed by atoms with Gasteiger partial charge in [0.05, 0.1) is 0 Å². The molecule has 0 aliphatic rings. The van der Waals surface area contributed by atoms with Crippen molar-refractivity contribution in [3.63, 3.8) is 0 Å². The topological polar surface area (TPSA) is 54.1 Å². The third-order valence-electron chi connectivity index (χ3n) is 2.24. The van der Waals surface area contributed by atoms with Gasteiger partial charge < -0.3 is 15.0 Å². The summed E-state index contributed by atoms with van der Waals surface area (Å²) >= 11 is 0. The maximum atomic E-state index is 10.9. The number of amides is 1. The van der Waals surface area contributed by atoms with E-state index in [1.807, 2.05) is 30.5 Å². The summed E-state index contributed by atoms with van der Waals surface area (Å²) in [6.07, 6.45) is 1.44. The highest BCUT2D eigenvalue weighted by atomic mass is 16.5. The van der Waals surface area contributed by atoms with Gasteiger partial charge in [0.15, 0.2) is 0 Å². The second-order valence-corrected chi connectivity index (χ2v) is 3.19. The van der Waals surface area contributed by atoms with Crippen LogP contribution in [0, 0.1) is 0 Å². The van der Waals surface area contributed by atoms with E-state index in [2.05, 4.69) is 10.3 Å². The van der Waals surface area contributed by atoms with Gasteiger partial charge in [0.2, 0.25) is 0 Å². The van der Waals surface area contributed by atoms with Crippen LogP contribution in [0.1, 0.15) is 5.56 Å². The molecule has 2 N–H and O–H groups in total. The van der Waals surface area contributed by atoms with E-state index in [1.54, 1.807) is 0 Å². The molecule has 0 saturated carbocycles. The lowest BCUT2D eigenvalue weighted by Crippen LogP contribution is -2.18. The fraction of sp³-hybridized carbons (Fsp3) is 0.182. The molecule has 1 aromatic carbocycles. The highest BCUT2D eigenvalue weighted by Crippen LogP contribution is 2.18. The van der Waals surface area contributed by atoms with Gasteiger partial charge in [-0.25, -0.2) is 4.79 Å². The zero-order chi connectivity index (χ0) is 10.7. The number of benzene rings is 1. The number of H-pyrrole nitrogens is 1. The third kappa shape index (κ3) is 1.93. The predicted octanol–water partition coefficient (Wildman–Crippen LogP) is 2.02. The van der Waals surface area contributed by atoms with Gasteiger partial charge in [-0.2, -0.15) is 0 Å². The number of carbonyl (C=O) groups excluding carboxylic acids is 1. The van der Waals surface area contributed by atoms with Crippen LogP contribution >= 0.6 is 0 Å². The van der Waals surface area contributed by atoms with Crippen molar-refractivity contribution in [1.29, 1.82) is 0 Å². The van der Waals surface area contributed by atoms with Gasteiger partial charge in [-0.3, -0.25) is 0 Å². The van der Waals surface area contributed by atoms with E-state index in [0.717, 1.165) is 16.5 Å². The summed E-state index contributed by atoms with van der Waals surface area (Å²) < 4.78 is 4.97. The highest BCUT2D eigenvalue weighted by Gasteiger charge is 2.04. The van der Waals surface area contributed by atoms with Gasteiger partial charge >= 0.3 is 6.09 Å². The lowest BCUT2D eigenvalue weighted by molar-refractivity contribution is 0.142. The zero-order valence-corrected chi connectivity index (χ0v) is 8.41. The first-order chi connectivity index (χ1) is 7.31. The summed E-state index contributed by atoms with van der Waals surface area (Å²) in [5, 5.41) is 3.49. The summed E-state index contributed by atoms with van der Waals surface area (Å²) in [6.45, 7) is 0.281. The van der Waals surface area contributed by atoms with Crippen molar-refractivity contribution < 1.29 is 9.53 Å². The Morgan fingerprint density at radius 1 is 1.47 bits per heavy atom. The van der Waals surface area contributed by atoms with Crippen molar-refractivity contribution in [3.8, 4) is 0 Å². The summed E-state index contributed by atoms with van der Waals surface area (Å²) in [5.41, 5.74) is 2.03. The number of carbonyl (C=O) groups is 1. The minimum atomic E-state index is -0.416. The quantitative estimate of drug-likeness (QED) is 0.786. The number of aromatic nitrogens is 1. The van der Waals surface area contributed by atoms with Crippen LogP contribution in [0.25, 0.3) is 10.9 Å². The van der Waals surface area contributed by atoms with E-state index in [9.17, 15) is 4.79 Å². The Hall–Kier alpha value is -1.97. The summed E-state index contributed by atoms with van der Waals surface area (Å²) in [6, 6.07) is 7.90. The van der Waals surface area contributed by atoms with Crippen LogP contribution in [0.15, 0.2) is 30.5 Å². The number of nitrogens with one attached hydrogen (secondary N) is 2. The molecule has 15 heavy (non-hydrogen) atoms. The largest absolute Gasteiger partial charge is 0.445 e. The van der Waals surface area contributed by atoms with E-state index < -0.39 is 6.09 Å².